The Kier molecular flexibility index (Phi) is 8.96. The van der Waals surface area contributed by atoms with Crippen LogP contribution in [0, 0.1) is 0 Å². The van der Waals surface area contributed by atoms with Gasteiger partial charge in [0.1, 0.15) is 6.54 Å². The summed E-state index contributed by atoms with van der Waals surface area (Å²) in [5.41, 5.74) is 0.852. The zero-order valence-electron chi connectivity index (χ0n) is 17.0. The average Bonchev–Trinajstić information content (AvgIpc) is 3.11. The third-order valence-corrected chi connectivity index (χ3v) is 5.03. The van der Waals surface area contributed by atoms with Crippen LogP contribution >= 0.6 is 24.0 Å². The SMILES string of the molecule is CCNC(=NCC(C)N1CCOCC1)N1CCN(c2cnn(C)c2)C(=O)C1.I. The van der Waals surface area contributed by atoms with E-state index in [9.17, 15) is 4.79 Å². The zero-order valence-corrected chi connectivity index (χ0v) is 19.3. The molecule has 3 heterocycles. The van der Waals surface area contributed by atoms with Crippen molar-refractivity contribution in [3.8, 4) is 0 Å². The Morgan fingerprint density at radius 3 is 2.68 bits per heavy atom. The molecule has 3 rings (SSSR count). The highest BCUT2D eigenvalue weighted by Crippen LogP contribution is 2.16. The van der Waals surface area contributed by atoms with Crippen molar-refractivity contribution < 1.29 is 9.53 Å². The molecule has 1 atom stereocenters. The number of nitrogens with zero attached hydrogens (tertiary/aromatic N) is 6. The molecule has 1 aromatic rings. The number of piperazine rings is 1. The highest BCUT2D eigenvalue weighted by Gasteiger charge is 2.28. The number of ether oxygens (including phenoxy) is 1. The van der Waals surface area contributed by atoms with Crippen molar-refractivity contribution in [1.29, 1.82) is 0 Å². The third-order valence-electron chi connectivity index (χ3n) is 5.03. The quantitative estimate of drug-likeness (QED) is 0.354. The van der Waals surface area contributed by atoms with Crippen molar-refractivity contribution in [1.82, 2.24) is 24.9 Å². The van der Waals surface area contributed by atoms with Crippen molar-refractivity contribution in [3.63, 3.8) is 0 Å². The molecule has 1 unspecified atom stereocenters. The summed E-state index contributed by atoms with van der Waals surface area (Å²) in [4.78, 5) is 23.7. The summed E-state index contributed by atoms with van der Waals surface area (Å²) in [7, 11) is 1.86. The molecule has 1 N–H and O–H groups in total. The van der Waals surface area contributed by atoms with Crippen molar-refractivity contribution in [2.24, 2.45) is 12.0 Å². The second kappa shape index (κ2) is 11.0. The number of hydrogen-bond donors (Lipinski definition) is 1. The first-order chi connectivity index (χ1) is 13.1. The van der Waals surface area contributed by atoms with Gasteiger partial charge >= 0.3 is 0 Å². The minimum atomic E-state index is 0. The van der Waals surface area contributed by atoms with Gasteiger partial charge in [-0.25, -0.2) is 0 Å². The molecule has 0 bridgehead atoms. The Labute approximate surface area is 184 Å². The minimum absolute atomic E-state index is 0. The van der Waals surface area contributed by atoms with Crippen LogP contribution in [0.2, 0.25) is 0 Å². The van der Waals surface area contributed by atoms with Gasteiger partial charge in [0.25, 0.3) is 0 Å². The molecule has 0 saturated carbocycles. The largest absolute Gasteiger partial charge is 0.379 e. The van der Waals surface area contributed by atoms with Gasteiger partial charge in [0.05, 0.1) is 31.6 Å². The second-order valence-electron chi connectivity index (χ2n) is 7.03. The number of carbonyl (C=O) groups excluding carboxylic acids is 1. The molecule has 0 aliphatic carbocycles. The van der Waals surface area contributed by atoms with Gasteiger partial charge in [0.2, 0.25) is 5.91 Å². The normalized spacial score (nSPS) is 20.1. The molecule has 2 saturated heterocycles. The van der Waals surface area contributed by atoms with Gasteiger partial charge < -0.3 is 19.9 Å². The van der Waals surface area contributed by atoms with Crippen molar-refractivity contribution in [2.45, 2.75) is 19.9 Å². The number of nitrogens with one attached hydrogen (secondary N) is 1. The van der Waals surface area contributed by atoms with E-state index in [2.05, 4.69) is 29.2 Å². The molecule has 2 aliphatic rings. The van der Waals surface area contributed by atoms with Crippen molar-refractivity contribution >= 4 is 41.5 Å². The van der Waals surface area contributed by atoms with Crippen LogP contribution in [0.5, 0.6) is 0 Å². The predicted molar refractivity (Wildman–Crippen MR) is 120 cm³/mol. The van der Waals surface area contributed by atoms with Crippen molar-refractivity contribution in [2.75, 3.05) is 63.9 Å². The Hall–Kier alpha value is -1.40. The van der Waals surface area contributed by atoms with Gasteiger partial charge in [-0.15, -0.1) is 24.0 Å². The van der Waals surface area contributed by atoms with E-state index < -0.39 is 0 Å². The van der Waals surface area contributed by atoms with Crippen LogP contribution in [0.4, 0.5) is 5.69 Å². The van der Waals surface area contributed by atoms with Gasteiger partial charge in [-0.2, -0.15) is 5.10 Å². The third kappa shape index (κ3) is 5.80. The first kappa shape index (κ1) is 22.9. The standard InChI is InChI=1S/C18H31N7O2.HI/c1-4-19-18(20-11-15(2)23-7-9-27-10-8-23)24-5-6-25(17(26)14-24)16-12-21-22(3)13-16;/h12-13,15H,4-11,14H2,1-3H3,(H,19,20);1H. The topological polar surface area (TPSA) is 78.2 Å². The molecule has 1 amide bonds. The van der Waals surface area contributed by atoms with E-state index in [1.54, 1.807) is 15.8 Å². The molecular formula is C18H32IN7O2. The number of aromatic nitrogens is 2. The molecule has 2 fully saturated rings. The Balaban J connectivity index is 0.00000280. The lowest BCUT2D eigenvalue weighted by atomic mass is 10.2. The number of aryl methyl sites for hydroxylation is 1. The number of halogens is 1. The number of guanidine groups is 1. The molecule has 10 heteroatoms. The molecular weight excluding hydrogens is 473 g/mol. The Bertz CT molecular complexity index is 660. The molecule has 0 radical (unpaired) electrons. The second-order valence-corrected chi connectivity index (χ2v) is 7.03. The number of morpholine rings is 1. The minimum Gasteiger partial charge on any atom is -0.379 e. The fraction of sp³-hybridized carbons (Fsp3) is 0.722. The van der Waals surface area contributed by atoms with E-state index in [1.165, 1.54) is 0 Å². The maximum Gasteiger partial charge on any atom is 0.246 e. The van der Waals surface area contributed by atoms with Gasteiger partial charge in [-0.05, 0) is 13.8 Å². The van der Waals surface area contributed by atoms with E-state index in [0.29, 0.717) is 25.7 Å². The van der Waals surface area contributed by atoms with Crippen LogP contribution in [0.1, 0.15) is 13.8 Å². The van der Waals surface area contributed by atoms with Gasteiger partial charge in [0.15, 0.2) is 5.96 Å². The smallest absolute Gasteiger partial charge is 0.246 e. The lowest BCUT2D eigenvalue weighted by molar-refractivity contribution is -0.120. The van der Waals surface area contributed by atoms with E-state index in [0.717, 1.165) is 51.0 Å². The monoisotopic (exact) mass is 505 g/mol. The summed E-state index contributed by atoms with van der Waals surface area (Å²) in [6, 6.07) is 0.356. The van der Waals surface area contributed by atoms with Crippen molar-refractivity contribution in [3.05, 3.63) is 12.4 Å². The number of rotatable bonds is 5. The summed E-state index contributed by atoms with van der Waals surface area (Å²) in [5.74, 6) is 0.887. The molecule has 1 aromatic heterocycles. The summed E-state index contributed by atoms with van der Waals surface area (Å²) < 4.78 is 7.14. The number of anilines is 1. The summed E-state index contributed by atoms with van der Waals surface area (Å²) >= 11 is 0. The van der Waals surface area contributed by atoms with E-state index in [-0.39, 0.29) is 29.9 Å². The lowest BCUT2D eigenvalue weighted by Crippen LogP contribution is -2.55. The van der Waals surface area contributed by atoms with E-state index in [4.69, 9.17) is 9.73 Å². The zero-order chi connectivity index (χ0) is 19.2. The van der Waals surface area contributed by atoms with Crippen LogP contribution in [0.3, 0.4) is 0 Å². The summed E-state index contributed by atoms with van der Waals surface area (Å²) in [6.45, 7) is 10.9. The van der Waals surface area contributed by atoms with Gasteiger partial charge in [0, 0.05) is 52.0 Å². The molecule has 28 heavy (non-hydrogen) atoms. The van der Waals surface area contributed by atoms with Gasteiger partial charge in [-0.1, -0.05) is 0 Å². The van der Waals surface area contributed by atoms with E-state index >= 15 is 0 Å². The number of hydrogen-bond acceptors (Lipinski definition) is 5. The Morgan fingerprint density at radius 2 is 2.07 bits per heavy atom. The predicted octanol–water partition coefficient (Wildman–Crippen LogP) is 0.373. The Morgan fingerprint density at radius 1 is 1.32 bits per heavy atom. The van der Waals surface area contributed by atoms with Gasteiger partial charge in [-0.3, -0.25) is 19.4 Å². The summed E-state index contributed by atoms with van der Waals surface area (Å²) in [6.07, 6.45) is 3.60. The number of amides is 1. The fourth-order valence-electron chi connectivity index (χ4n) is 3.45. The van der Waals surface area contributed by atoms with E-state index in [1.807, 2.05) is 18.1 Å². The molecule has 0 spiro atoms. The maximum atomic E-state index is 12.7. The average molecular weight is 505 g/mol. The van der Waals surface area contributed by atoms with Crippen LogP contribution in [0.15, 0.2) is 17.4 Å². The molecule has 9 nitrogen and oxygen atoms in total. The van der Waals surface area contributed by atoms with Crippen LogP contribution < -0.4 is 10.2 Å². The first-order valence-electron chi connectivity index (χ1n) is 9.72. The van der Waals surface area contributed by atoms with Crippen LogP contribution in [0.25, 0.3) is 0 Å². The highest BCUT2D eigenvalue weighted by molar-refractivity contribution is 14.0. The first-order valence-corrected chi connectivity index (χ1v) is 9.72. The van der Waals surface area contributed by atoms with Crippen LogP contribution in [-0.4, -0.2) is 96.5 Å². The molecule has 0 aromatic carbocycles. The highest BCUT2D eigenvalue weighted by atomic mass is 127. The number of aliphatic imine (C=N–C) groups is 1. The summed E-state index contributed by atoms with van der Waals surface area (Å²) in [5, 5.41) is 7.50. The fourth-order valence-corrected chi connectivity index (χ4v) is 3.45. The lowest BCUT2D eigenvalue weighted by Gasteiger charge is -2.36. The molecule has 2 aliphatic heterocycles. The van der Waals surface area contributed by atoms with Crippen LogP contribution in [-0.2, 0) is 16.6 Å². The maximum absolute atomic E-state index is 12.7. The molecule has 158 valence electrons. The number of carbonyl (C=O) groups is 1.